The molecule has 2 aromatic rings. The monoisotopic (exact) mass is 291 g/mol. The summed E-state index contributed by atoms with van der Waals surface area (Å²) in [7, 11) is 1.51. The molecule has 0 radical (unpaired) electrons. The van der Waals surface area contributed by atoms with E-state index in [1.165, 1.54) is 7.11 Å². The number of anilines is 2. The lowest BCUT2D eigenvalue weighted by Crippen LogP contribution is -2.26. The molecule has 6 heteroatoms. The molecule has 2 rings (SSSR count). The molecule has 1 atom stereocenters. The van der Waals surface area contributed by atoms with Crippen LogP contribution in [0.15, 0.2) is 35.2 Å². The molecule has 0 spiro atoms. The van der Waals surface area contributed by atoms with Crippen LogP contribution < -0.4 is 10.6 Å². The minimum Gasteiger partial charge on any atom is -0.379 e. The lowest BCUT2D eigenvalue weighted by molar-refractivity contribution is -0.124. The number of hydrogen-bond donors (Lipinski definition) is 2. The van der Waals surface area contributed by atoms with Gasteiger partial charge in [0.2, 0.25) is 0 Å². The van der Waals surface area contributed by atoms with E-state index in [4.69, 9.17) is 4.74 Å². The van der Waals surface area contributed by atoms with Crippen molar-refractivity contribution in [1.82, 2.24) is 4.98 Å². The van der Waals surface area contributed by atoms with Gasteiger partial charge in [-0.1, -0.05) is 6.07 Å². The first kappa shape index (κ1) is 14.5. The van der Waals surface area contributed by atoms with E-state index >= 15 is 0 Å². The largest absolute Gasteiger partial charge is 0.379 e. The van der Waals surface area contributed by atoms with Gasteiger partial charge in [0.15, 0.2) is 0 Å². The van der Waals surface area contributed by atoms with Crippen LogP contribution in [0.4, 0.5) is 11.4 Å². The molecule has 0 saturated heterocycles. The Balaban J connectivity index is 1.95. The van der Waals surface area contributed by atoms with E-state index in [0.717, 1.165) is 17.1 Å². The van der Waals surface area contributed by atoms with Crippen molar-refractivity contribution in [3.05, 3.63) is 40.8 Å². The van der Waals surface area contributed by atoms with Crippen molar-refractivity contribution in [2.45, 2.75) is 19.6 Å². The van der Waals surface area contributed by atoms with Crippen molar-refractivity contribution >= 4 is 28.6 Å². The second kappa shape index (κ2) is 7.02. The van der Waals surface area contributed by atoms with Crippen molar-refractivity contribution in [3.63, 3.8) is 0 Å². The summed E-state index contributed by atoms with van der Waals surface area (Å²) < 4.78 is 4.98. The van der Waals surface area contributed by atoms with Gasteiger partial charge >= 0.3 is 0 Å². The molecule has 0 aliphatic heterocycles. The third-order valence-electron chi connectivity index (χ3n) is 2.81. The summed E-state index contributed by atoms with van der Waals surface area (Å²) in [5, 5.41) is 8.07. The summed E-state index contributed by atoms with van der Waals surface area (Å²) in [5.41, 5.74) is 4.47. The van der Waals surface area contributed by atoms with Crippen LogP contribution in [0.25, 0.3) is 0 Å². The van der Waals surface area contributed by atoms with Crippen molar-refractivity contribution < 1.29 is 9.53 Å². The van der Waals surface area contributed by atoms with E-state index in [-0.39, 0.29) is 5.91 Å². The molecule has 0 aliphatic rings. The Morgan fingerprint density at radius 2 is 2.25 bits per heavy atom. The normalized spacial score (nSPS) is 11.9. The summed E-state index contributed by atoms with van der Waals surface area (Å²) in [6.45, 7) is 2.37. The first-order chi connectivity index (χ1) is 9.69. The first-order valence-corrected chi connectivity index (χ1v) is 7.18. The van der Waals surface area contributed by atoms with Crippen LogP contribution in [0, 0.1) is 0 Å². The molecule has 0 fully saturated rings. The van der Waals surface area contributed by atoms with E-state index in [2.05, 4.69) is 15.6 Å². The standard InChI is InChI=1S/C14H17N3O2S/c1-10(19-2)14(18)17-12-5-3-4-11(6-12)15-7-13-8-20-9-16-13/h3-6,8-10,15H,7H2,1-2H3,(H,17,18)/t10-/m0/s1. The van der Waals surface area contributed by atoms with Crippen molar-refractivity contribution in [2.24, 2.45) is 0 Å². The molecular weight excluding hydrogens is 274 g/mol. The van der Waals surface area contributed by atoms with E-state index in [1.54, 1.807) is 23.8 Å². The highest BCUT2D eigenvalue weighted by atomic mass is 32.1. The number of aromatic nitrogens is 1. The third-order valence-corrected chi connectivity index (χ3v) is 3.45. The number of thiazole rings is 1. The van der Waals surface area contributed by atoms with Gasteiger partial charge in [0.25, 0.3) is 5.91 Å². The lowest BCUT2D eigenvalue weighted by atomic mass is 10.2. The Hall–Kier alpha value is -1.92. The summed E-state index contributed by atoms with van der Waals surface area (Å²) in [4.78, 5) is 15.9. The zero-order chi connectivity index (χ0) is 14.4. The van der Waals surface area contributed by atoms with Crippen LogP contribution in [0.5, 0.6) is 0 Å². The summed E-state index contributed by atoms with van der Waals surface area (Å²) in [6, 6.07) is 7.55. The molecule has 1 aromatic heterocycles. The fourth-order valence-electron chi connectivity index (χ4n) is 1.58. The average molecular weight is 291 g/mol. The predicted octanol–water partition coefficient (Wildman–Crippen LogP) is 2.73. The van der Waals surface area contributed by atoms with Gasteiger partial charge in [0, 0.05) is 23.9 Å². The van der Waals surface area contributed by atoms with Gasteiger partial charge in [-0.25, -0.2) is 4.98 Å². The topological polar surface area (TPSA) is 63.2 Å². The molecule has 106 valence electrons. The van der Waals surface area contributed by atoms with Crippen LogP contribution in [0.3, 0.4) is 0 Å². The molecule has 0 aliphatic carbocycles. The third kappa shape index (κ3) is 4.04. The Morgan fingerprint density at radius 1 is 1.45 bits per heavy atom. The maximum atomic E-state index is 11.7. The molecule has 2 N–H and O–H groups in total. The summed E-state index contributed by atoms with van der Waals surface area (Å²) in [5.74, 6) is -0.163. The van der Waals surface area contributed by atoms with Gasteiger partial charge in [-0.2, -0.15) is 0 Å². The average Bonchev–Trinajstić information content (AvgIpc) is 2.98. The van der Waals surface area contributed by atoms with Crippen molar-refractivity contribution in [2.75, 3.05) is 17.7 Å². The van der Waals surface area contributed by atoms with Gasteiger partial charge < -0.3 is 15.4 Å². The van der Waals surface area contributed by atoms with E-state index in [0.29, 0.717) is 6.54 Å². The van der Waals surface area contributed by atoms with E-state index in [1.807, 2.05) is 29.6 Å². The van der Waals surface area contributed by atoms with Crippen LogP contribution in [0.2, 0.25) is 0 Å². The molecule has 1 heterocycles. The quantitative estimate of drug-likeness (QED) is 0.859. The molecule has 5 nitrogen and oxygen atoms in total. The number of rotatable bonds is 6. The lowest BCUT2D eigenvalue weighted by Gasteiger charge is -2.12. The highest BCUT2D eigenvalue weighted by Crippen LogP contribution is 2.16. The maximum Gasteiger partial charge on any atom is 0.253 e. The van der Waals surface area contributed by atoms with Gasteiger partial charge in [-0.3, -0.25) is 4.79 Å². The van der Waals surface area contributed by atoms with Crippen LogP contribution in [-0.2, 0) is 16.1 Å². The maximum absolute atomic E-state index is 11.7. The second-order valence-electron chi connectivity index (χ2n) is 4.28. The van der Waals surface area contributed by atoms with E-state index < -0.39 is 6.10 Å². The number of ether oxygens (including phenoxy) is 1. The number of carbonyl (C=O) groups is 1. The first-order valence-electron chi connectivity index (χ1n) is 6.23. The van der Waals surface area contributed by atoms with Gasteiger partial charge in [-0.05, 0) is 25.1 Å². The SMILES string of the molecule is CO[C@@H](C)C(=O)Nc1cccc(NCc2cscn2)c1. The molecule has 20 heavy (non-hydrogen) atoms. The highest BCUT2D eigenvalue weighted by molar-refractivity contribution is 7.07. The smallest absolute Gasteiger partial charge is 0.253 e. The van der Waals surface area contributed by atoms with Crippen molar-refractivity contribution in [1.29, 1.82) is 0 Å². The zero-order valence-corrected chi connectivity index (χ0v) is 12.2. The van der Waals surface area contributed by atoms with Crippen molar-refractivity contribution in [3.8, 4) is 0 Å². The molecule has 1 aromatic carbocycles. The number of nitrogens with one attached hydrogen (secondary N) is 2. The number of methoxy groups -OCH3 is 1. The minimum absolute atomic E-state index is 0.163. The van der Waals surface area contributed by atoms with Gasteiger partial charge in [-0.15, -0.1) is 11.3 Å². The number of nitrogens with zero attached hydrogens (tertiary/aromatic N) is 1. The Bertz CT molecular complexity index is 557. The molecular formula is C14H17N3O2S. The zero-order valence-electron chi connectivity index (χ0n) is 11.4. The number of benzene rings is 1. The summed E-state index contributed by atoms with van der Waals surface area (Å²) in [6.07, 6.45) is -0.471. The van der Waals surface area contributed by atoms with Crippen LogP contribution in [0.1, 0.15) is 12.6 Å². The molecule has 0 unspecified atom stereocenters. The van der Waals surface area contributed by atoms with E-state index in [9.17, 15) is 4.79 Å². The minimum atomic E-state index is -0.471. The van der Waals surface area contributed by atoms with Gasteiger partial charge in [0.1, 0.15) is 6.10 Å². The Labute approximate surface area is 122 Å². The number of hydrogen-bond acceptors (Lipinski definition) is 5. The summed E-state index contributed by atoms with van der Waals surface area (Å²) >= 11 is 1.57. The highest BCUT2D eigenvalue weighted by Gasteiger charge is 2.11. The fraction of sp³-hybridized carbons (Fsp3) is 0.286. The molecule has 0 saturated carbocycles. The second-order valence-corrected chi connectivity index (χ2v) is 5.00. The predicted molar refractivity (Wildman–Crippen MR) is 81.0 cm³/mol. The molecule has 0 bridgehead atoms. The van der Waals surface area contributed by atoms with Gasteiger partial charge in [0.05, 0.1) is 17.7 Å². The number of amides is 1. The Kier molecular flexibility index (Phi) is 5.09. The van der Waals surface area contributed by atoms with Crippen LogP contribution >= 0.6 is 11.3 Å². The molecule has 1 amide bonds. The number of carbonyl (C=O) groups excluding carboxylic acids is 1. The fourth-order valence-corrected chi connectivity index (χ4v) is 2.13. The van der Waals surface area contributed by atoms with Crippen LogP contribution in [-0.4, -0.2) is 24.1 Å². The Morgan fingerprint density at radius 3 is 2.95 bits per heavy atom.